The first-order valence-corrected chi connectivity index (χ1v) is 9.26. The van der Waals surface area contributed by atoms with E-state index in [9.17, 15) is 0 Å². The molecule has 4 aromatic rings. The second-order valence-electron chi connectivity index (χ2n) is 5.48. The molecule has 3 heterocycles. The van der Waals surface area contributed by atoms with Gasteiger partial charge < -0.3 is 8.97 Å². The second kappa shape index (κ2) is 6.71. The van der Waals surface area contributed by atoms with E-state index in [-0.39, 0.29) is 0 Å². The number of pyridine rings is 1. The lowest BCUT2D eigenvalue weighted by Gasteiger charge is -2.05. The van der Waals surface area contributed by atoms with Gasteiger partial charge in [-0.25, -0.2) is 4.98 Å². The molecule has 0 aliphatic carbocycles. The minimum absolute atomic E-state index is 0.555. The number of nitrogens with zero attached hydrogens (tertiary/aromatic N) is 5. The van der Waals surface area contributed by atoms with Gasteiger partial charge in [-0.05, 0) is 30.3 Å². The molecule has 126 valence electrons. The Bertz CT molecular complexity index is 1020. The molecule has 3 aromatic heterocycles. The first-order valence-electron chi connectivity index (χ1n) is 7.52. The van der Waals surface area contributed by atoms with Crippen molar-refractivity contribution in [3.8, 4) is 11.4 Å². The first kappa shape index (κ1) is 16.4. The zero-order chi connectivity index (χ0) is 17.4. The van der Waals surface area contributed by atoms with Gasteiger partial charge in [-0.3, -0.25) is 0 Å². The van der Waals surface area contributed by atoms with Crippen LogP contribution in [0.2, 0.25) is 10.0 Å². The largest absolute Gasteiger partial charge is 0.307 e. The average Bonchev–Trinajstić information content (AvgIpc) is 3.16. The lowest BCUT2D eigenvalue weighted by Crippen LogP contribution is -1.95. The number of benzene rings is 1. The second-order valence-corrected chi connectivity index (χ2v) is 7.26. The molecule has 25 heavy (non-hydrogen) atoms. The number of hydrogen-bond donors (Lipinski definition) is 0. The normalized spacial score (nSPS) is 11.3. The topological polar surface area (TPSA) is 48.0 Å². The standard InChI is InChI=1S/C17H13Cl2N5S/c1-23-16(13-6-5-11(18)8-14(13)19)21-22-17(23)25-10-12-9-24-7-3-2-4-15(24)20-12/h2-9H,10H2,1H3. The van der Waals surface area contributed by atoms with Gasteiger partial charge in [-0.1, -0.05) is 41.0 Å². The van der Waals surface area contributed by atoms with Crippen LogP contribution in [0.4, 0.5) is 0 Å². The van der Waals surface area contributed by atoms with Crippen LogP contribution in [0, 0.1) is 0 Å². The van der Waals surface area contributed by atoms with Crippen LogP contribution in [0.3, 0.4) is 0 Å². The van der Waals surface area contributed by atoms with Crippen molar-refractivity contribution in [1.82, 2.24) is 24.1 Å². The van der Waals surface area contributed by atoms with Crippen LogP contribution in [0.5, 0.6) is 0 Å². The molecule has 0 fully saturated rings. The summed E-state index contributed by atoms with van der Waals surface area (Å²) in [7, 11) is 1.92. The number of halogens is 2. The van der Waals surface area contributed by atoms with Gasteiger partial charge in [0.15, 0.2) is 11.0 Å². The van der Waals surface area contributed by atoms with Crippen LogP contribution < -0.4 is 0 Å². The van der Waals surface area contributed by atoms with Gasteiger partial charge in [0.2, 0.25) is 0 Å². The fourth-order valence-electron chi connectivity index (χ4n) is 2.54. The highest BCUT2D eigenvalue weighted by Crippen LogP contribution is 2.31. The summed E-state index contributed by atoms with van der Waals surface area (Å²) in [6.07, 6.45) is 4.01. The summed E-state index contributed by atoms with van der Waals surface area (Å²) < 4.78 is 3.93. The van der Waals surface area contributed by atoms with Gasteiger partial charge in [-0.15, -0.1) is 10.2 Å². The van der Waals surface area contributed by atoms with E-state index in [0.29, 0.717) is 21.6 Å². The van der Waals surface area contributed by atoms with Crippen molar-refractivity contribution < 1.29 is 0 Å². The van der Waals surface area contributed by atoms with Crippen molar-refractivity contribution in [2.45, 2.75) is 10.9 Å². The molecule has 0 saturated heterocycles. The molecule has 0 radical (unpaired) electrons. The number of hydrogen-bond acceptors (Lipinski definition) is 4. The number of fused-ring (bicyclic) bond motifs is 1. The molecule has 0 unspecified atom stereocenters. The monoisotopic (exact) mass is 389 g/mol. The lowest BCUT2D eigenvalue weighted by molar-refractivity contribution is 0.793. The van der Waals surface area contributed by atoms with Crippen LogP contribution in [0.25, 0.3) is 17.0 Å². The van der Waals surface area contributed by atoms with Crippen molar-refractivity contribution in [1.29, 1.82) is 0 Å². The highest BCUT2D eigenvalue weighted by Gasteiger charge is 2.15. The fraction of sp³-hybridized carbons (Fsp3) is 0.118. The summed E-state index contributed by atoms with van der Waals surface area (Å²) in [4.78, 5) is 4.60. The Morgan fingerprint density at radius 1 is 1.12 bits per heavy atom. The highest BCUT2D eigenvalue weighted by molar-refractivity contribution is 7.98. The zero-order valence-corrected chi connectivity index (χ0v) is 15.6. The SMILES string of the molecule is Cn1c(SCc2cn3ccccc3n2)nnc1-c1ccc(Cl)cc1Cl. The van der Waals surface area contributed by atoms with Gasteiger partial charge in [0.1, 0.15) is 5.65 Å². The summed E-state index contributed by atoms with van der Waals surface area (Å²) in [5.74, 6) is 1.42. The summed E-state index contributed by atoms with van der Waals surface area (Å²) >= 11 is 13.8. The van der Waals surface area contributed by atoms with Crippen molar-refractivity contribution in [2.75, 3.05) is 0 Å². The number of thioether (sulfide) groups is 1. The van der Waals surface area contributed by atoms with Crippen LogP contribution in [-0.2, 0) is 12.8 Å². The van der Waals surface area contributed by atoms with Crippen molar-refractivity contribution >= 4 is 40.6 Å². The van der Waals surface area contributed by atoms with E-state index in [4.69, 9.17) is 23.2 Å². The minimum Gasteiger partial charge on any atom is -0.307 e. The van der Waals surface area contributed by atoms with E-state index in [1.807, 2.05) is 52.7 Å². The quantitative estimate of drug-likeness (QED) is 0.473. The van der Waals surface area contributed by atoms with Crippen LogP contribution >= 0.6 is 35.0 Å². The third-order valence-electron chi connectivity index (χ3n) is 3.77. The highest BCUT2D eigenvalue weighted by atomic mass is 35.5. The Morgan fingerprint density at radius 2 is 2.00 bits per heavy atom. The van der Waals surface area contributed by atoms with E-state index < -0.39 is 0 Å². The van der Waals surface area contributed by atoms with Crippen LogP contribution in [-0.4, -0.2) is 24.1 Å². The predicted molar refractivity (Wildman–Crippen MR) is 101 cm³/mol. The molecule has 0 aliphatic heterocycles. The summed E-state index contributed by atoms with van der Waals surface area (Å²) in [6.45, 7) is 0. The van der Waals surface area contributed by atoms with Crippen molar-refractivity contribution in [3.05, 3.63) is 64.5 Å². The maximum Gasteiger partial charge on any atom is 0.191 e. The van der Waals surface area contributed by atoms with Gasteiger partial charge in [0.05, 0.1) is 10.7 Å². The van der Waals surface area contributed by atoms with Crippen LogP contribution in [0.1, 0.15) is 5.69 Å². The lowest BCUT2D eigenvalue weighted by atomic mass is 10.2. The number of aromatic nitrogens is 5. The Labute approximate surface area is 158 Å². The predicted octanol–water partition coefficient (Wildman–Crippen LogP) is 4.73. The minimum atomic E-state index is 0.555. The number of rotatable bonds is 4. The third kappa shape index (κ3) is 3.25. The van der Waals surface area contributed by atoms with Gasteiger partial charge in [-0.2, -0.15) is 0 Å². The molecular formula is C17H13Cl2N5S. The van der Waals surface area contributed by atoms with E-state index in [1.165, 1.54) is 0 Å². The Morgan fingerprint density at radius 3 is 2.80 bits per heavy atom. The van der Waals surface area contributed by atoms with E-state index >= 15 is 0 Å². The molecule has 0 atom stereocenters. The fourth-order valence-corrected chi connectivity index (χ4v) is 3.83. The van der Waals surface area contributed by atoms with Crippen LogP contribution in [0.15, 0.2) is 53.9 Å². The first-order chi connectivity index (χ1) is 12.1. The molecule has 8 heteroatoms. The van der Waals surface area contributed by atoms with E-state index in [2.05, 4.69) is 15.2 Å². The molecule has 4 rings (SSSR count). The Balaban J connectivity index is 1.56. The molecule has 0 amide bonds. The summed E-state index contributed by atoms with van der Waals surface area (Å²) in [6, 6.07) is 11.3. The molecule has 1 aromatic carbocycles. The number of imidazole rings is 1. The average molecular weight is 390 g/mol. The van der Waals surface area contributed by atoms with E-state index in [1.54, 1.807) is 23.9 Å². The summed E-state index contributed by atoms with van der Waals surface area (Å²) in [5, 5.41) is 10.5. The van der Waals surface area contributed by atoms with Crippen molar-refractivity contribution in [2.24, 2.45) is 7.05 Å². The molecule has 0 aliphatic rings. The Kier molecular flexibility index (Phi) is 4.41. The maximum atomic E-state index is 6.28. The maximum absolute atomic E-state index is 6.28. The molecular weight excluding hydrogens is 377 g/mol. The molecule has 0 saturated carbocycles. The molecule has 0 bridgehead atoms. The smallest absolute Gasteiger partial charge is 0.191 e. The molecule has 0 spiro atoms. The molecule has 0 N–H and O–H groups in total. The van der Waals surface area contributed by atoms with Crippen molar-refractivity contribution in [3.63, 3.8) is 0 Å². The van der Waals surface area contributed by atoms with Gasteiger partial charge in [0.25, 0.3) is 0 Å². The van der Waals surface area contributed by atoms with Gasteiger partial charge >= 0.3 is 0 Å². The third-order valence-corrected chi connectivity index (χ3v) is 5.37. The van der Waals surface area contributed by atoms with Gasteiger partial charge in [0, 0.05) is 35.8 Å². The Hall–Kier alpha value is -2.02. The molecule has 5 nitrogen and oxygen atoms in total. The van der Waals surface area contributed by atoms with E-state index in [0.717, 1.165) is 22.1 Å². The summed E-state index contributed by atoms with van der Waals surface area (Å²) in [5.41, 5.74) is 2.73. The zero-order valence-electron chi connectivity index (χ0n) is 13.2.